The summed E-state index contributed by atoms with van der Waals surface area (Å²) >= 11 is 3.47. The number of benzene rings is 1. The van der Waals surface area contributed by atoms with Gasteiger partial charge in [-0.2, -0.15) is 0 Å². The first-order chi connectivity index (χ1) is 11.1. The number of carbonyl (C=O) groups excluding carboxylic acids is 1. The van der Waals surface area contributed by atoms with Crippen LogP contribution in [0.25, 0.3) is 0 Å². The molecular weight excluding hydrogens is 352 g/mol. The van der Waals surface area contributed by atoms with Crippen molar-refractivity contribution in [3.8, 4) is 0 Å². The van der Waals surface area contributed by atoms with Crippen LogP contribution in [0, 0.1) is 11.8 Å². The van der Waals surface area contributed by atoms with E-state index in [0.29, 0.717) is 17.9 Å². The topological polar surface area (TPSA) is 23.6 Å². The molecule has 0 radical (unpaired) electrons. The Morgan fingerprint density at radius 2 is 2.00 bits per heavy atom. The second-order valence-corrected chi connectivity index (χ2v) is 8.02. The summed E-state index contributed by atoms with van der Waals surface area (Å²) in [6.07, 6.45) is 3.81. The Morgan fingerprint density at radius 3 is 2.65 bits per heavy atom. The molecule has 1 aromatic carbocycles. The van der Waals surface area contributed by atoms with E-state index in [9.17, 15) is 4.79 Å². The third kappa shape index (κ3) is 3.63. The lowest BCUT2D eigenvalue weighted by Gasteiger charge is -2.46. The maximum Gasteiger partial charge on any atom is 0.253 e. The molecule has 2 heterocycles. The summed E-state index contributed by atoms with van der Waals surface area (Å²) in [6.45, 7) is 8.85. The van der Waals surface area contributed by atoms with Crippen LogP contribution < -0.4 is 0 Å². The Bertz CT molecular complexity index is 556. The average Bonchev–Trinajstić information content (AvgIpc) is 3.07. The Kier molecular flexibility index (Phi) is 5.42. The molecule has 0 aliphatic carbocycles. The fourth-order valence-corrected chi connectivity index (χ4v) is 4.82. The lowest BCUT2D eigenvalue weighted by Crippen LogP contribution is -2.56. The molecule has 2 fully saturated rings. The van der Waals surface area contributed by atoms with Gasteiger partial charge >= 0.3 is 0 Å². The fraction of sp³-hybridized carbons (Fsp3) is 0.632. The summed E-state index contributed by atoms with van der Waals surface area (Å²) in [6, 6.07) is 8.41. The zero-order chi connectivity index (χ0) is 16.4. The van der Waals surface area contributed by atoms with Crippen molar-refractivity contribution in [1.82, 2.24) is 9.80 Å². The van der Waals surface area contributed by atoms with Crippen LogP contribution in [0.5, 0.6) is 0 Å². The molecule has 3 nitrogen and oxygen atoms in total. The minimum absolute atomic E-state index is 0.177. The molecule has 1 aromatic rings. The van der Waals surface area contributed by atoms with Crippen LogP contribution in [0.15, 0.2) is 28.7 Å². The zero-order valence-corrected chi connectivity index (χ0v) is 15.8. The second-order valence-electron chi connectivity index (χ2n) is 7.10. The van der Waals surface area contributed by atoms with E-state index < -0.39 is 0 Å². The Labute approximate surface area is 148 Å². The number of likely N-dealkylation sites (tertiary alicyclic amines) is 2. The normalized spacial score (nSPS) is 29.0. The molecule has 23 heavy (non-hydrogen) atoms. The van der Waals surface area contributed by atoms with Gasteiger partial charge in [-0.3, -0.25) is 9.69 Å². The first kappa shape index (κ1) is 17.0. The Morgan fingerprint density at radius 1 is 1.26 bits per heavy atom. The van der Waals surface area contributed by atoms with Crippen molar-refractivity contribution in [3.63, 3.8) is 0 Å². The highest BCUT2D eigenvalue weighted by Crippen LogP contribution is 2.32. The maximum atomic E-state index is 12.9. The van der Waals surface area contributed by atoms with Crippen LogP contribution in [0.4, 0.5) is 0 Å². The van der Waals surface area contributed by atoms with Crippen LogP contribution in [-0.2, 0) is 0 Å². The molecule has 2 saturated heterocycles. The largest absolute Gasteiger partial charge is 0.338 e. The van der Waals surface area contributed by atoms with E-state index in [4.69, 9.17) is 0 Å². The van der Waals surface area contributed by atoms with Crippen molar-refractivity contribution in [2.24, 2.45) is 11.8 Å². The zero-order valence-electron chi connectivity index (χ0n) is 14.2. The molecule has 1 amide bonds. The predicted molar refractivity (Wildman–Crippen MR) is 97.6 cm³/mol. The summed E-state index contributed by atoms with van der Waals surface area (Å²) in [5.41, 5.74) is 0.793. The van der Waals surface area contributed by atoms with Gasteiger partial charge in [-0.1, -0.05) is 42.3 Å². The summed E-state index contributed by atoms with van der Waals surface area (Å²) in [4.78, 5) is 17.6. The maximum absolute atomic E-state index is 12.9. The molecule has 0 spiro atoms. The van der Waals surface area contributed by atoms with E-state index in [-0.39, 0.29) is 5.91 Å². The summed E-state index contributed by atoms with van der Waals surface area (Å²) in [5, 5.41) is 0. The van der Waals surface area contributed by atoms with Gasteiger partial charge < -0.3 is 4.90 Å². The highest BCUT2D eigenvalue weighted by Gasteiger charge is 2.39. The van der Waals surface area contributed by atoms with Gasteiger partial charge in [-0.05, 0) is 56.0 Å². The third-order valence-electron chi connectivity index (χ3n) is 5.47. The van der Waals surface area contributed by atoms with Gasteiger partial charge in [0.05, 0.1) is 0 Å². The van der Waals surface area contributed by atoms with Gasteiger partial charge in [-0.25, -0.2) is 0 Å². The standard InChI is InChI=1S/C19H27BrN2O/c1-3-15-13-22(19(23)16-7-6-8-17(20)11-16)12-14(2)18(15)21-9-4-5-10-21/h6-8,11,14-15,18H,3-5,9-10,12-13H2,1-2H3. The van der Waals surface area contributed by atoms with E-state index in [1.807, 2.05) is 24.3 Å². The molecule has 0 saturated carbocycles. The second kappa shape index (κ2) is 7.35. The number of amides is 1. The number of hydrogen-bond acceptors (Lipinski definition) is 2. The number of piperidine rings is 1. The summed E-state index contributed by atoms with van der Waals surface area (Å²) in [5.74, 6) is 1.31. The quantitative estimate of drug-likeness (QED) is 0.792. The Hall–Kier alpha value is -0.870. The smallest absolute Gasteiger partial charge is 0.253 e. The van der Waals surface area contributed by atoms with Gasteiger partial charge in [0.15, 0.2) is 0 Å². The van der Waals surface area contributed by atoms with Crippen molar-refractivity contribution in [2.45, 2.75) is 39.2 Å². The molecule has 0 aromatic heterocycles. The fourth-order valence-electron chi connectivity index (χ4n) is 4.42. The van der Waals surface area contributed by atoms with Crippen LogP contribution in [0.2, 0.25) is 0 Å². The molecule has 126 valence electrons. The number of hydrogen-bond donors (Lipinski definition) is 0. The first-order valence-corrected chi connectivity index (χ1v) is 9.68. The Balaban J connectivity index is 1.75. The third-order valence-corrected chi connectivity index (χ3v) is 5.97. The van der Waals surface area contributed by atoms with Crippen molar-refractivity contribution < 1.29 is 4.79 Å². The number of carbonyl (C=O) groups is 1. The van der Waals surface area contributed by atoms with Gasteiger partial charge in [0.1, 0.15) is 0 Å². The van der Waals surface area contributed by atoms with Crippen molar-refractivity contribution >= 4 is 21.8 Å². The number of nitrogens with zero attached hydrogens (tertiary/aromatic N) is 2. The van der Waals surface area contributed by atoms with E-state index in [2.05, 4.69) is 39.6 Å². The number of rotatable bonds is 3. The summed E-state index contributed by atoms with van der Waals surface area (Å²) < 4.78 is 0.968. The van der Waals surface area contributed by atoms with Gasteiger partial charge in [0.2, 0.25) is 0 Å². The SMILES string of the molecule is CCC1CN(C(=O)c2cccc(Br)c2)CC(C)C1N1CCCC1. The molecule has 3 rings (SSSR count). The van der Waals surface area contributed by atoms with Gasteiger partial charge in [0.25, 0.3) is 5.91 Å². The van der Waals surface area contributed by atoms with Crippen molar-refractivity contribution in [1.29, 1.82) is 0 Å². The molecule has 4 heteroatoms. The van der Waals surface area contributed by atoms with Gasteiger partial charge in [-0.15, -0.1) is 0 Å². The lowest BCUT2D eigenvalue weighted by atomic mass is 9.81. The average molecular weight is 379 g/mol. The lowest BCUT2D eigenvalue weighted by molar-refractivity contribution is 0.0227. The molecule has 2 aliphatic rings. The van der Waals surface area contributed by atoms with E-state index in [1.54, 1.807) is 0 Å². The molecule has 0 N–H and O–H groups in total. The monoisotopic (exact) mass is 378 g/mol. The van der Waals surface area contributed by atoms with Crippen molar-refractivity contribution in [3.05, 3.63) is 34.3 Å². The predicted octanol–water partition coefficient (Wildman–Crippen LogP) is 4.03. The molecule has 3 atom stereocenters. The van der Waals surface area contributed by atoms with Crippen LogP contribution in [0.3, 0.4) is 0 Å². The first-order valence-electron chi connectivity index (χ1n) is 8.89. The highest BCUT2D eigenvalue weighted by molar-refractivity contribution is 9.10. The van der Waals surface area contributed by atoms with Crippen molar-refractivity contribution in [2.75, 3.05) is 26.2 Å². The summed E-state index contributed by atoms with van der Waals surface area (Å²) in [7, 11) is 0. The number of halogens is 1. The van der Waals surface area contributed by atoms with E-state index in [0.717, 1.165) is 29.5 Å². The van der Waals surface area contributed by atoms with E-state index >= 15 is 0 Å². The highest BCUT2D eigenvalue weighted by atomic mass is 79.9. The van der Waals surface area contributed by atoms with Crippen LogP contribution in [0.1, 0.15) is 43.5 Å². The van der Waals surface area contributed by atoms with Crippen LogP contribution >= 0.6 is 15.9 Å². The van der Waals surface area contributed by atoms with Crippen LogP contribution in [-0.4, -0.2) is 47.9 Å². The molecule has 0 bridgehead atoms. The van der Waals surface area contributed by atoms with Gasteiger partial charge in [0, 0.05) is 29.2 Å². The minimum atomic E-state index is 0.177. The molecule has 2 aliphatic heterocycles. The molecule has 3 unspecified atom stereocenters. The molecular formula is C19H27BrN2O. The van der Waals surface area contributed by atoms with E-state index in [1.165, 1.54) is 25.9 Å². The minimum Gasteiger partial charge on any atom is -0.338 e.